The van der Waals surface area contributed by atoms with Crippen LogP contribution in [0.15, 0.2) is 18.2 Å². The van der Waals surface area contributed by atoms with Crippen LogP contribution in [-0.4, -0.2) is 51.5 Å². The van der Waals surface area contributed by atoms with Crippen molar-refractivity contribution in [1.29, 1.82) is 0 Å². The number of likely N-dealkylation sites (tertiary alicyclic amines) is 1. The minimum Gasteiger partial charge on any atom is -0.454 e. The molecular weight excluding hydrogens is 358 g/mol. The summed E-state index contributed by atoms with van der Waals surface area (Å²) in [5, 5.41) is 11.4. The zero-order valence-electron chi connectivity index (χ0n) is 16.2. The smallest absolute Gasteiger partial charge is 0.289 e. The fourth-order valence-corrected chi connectivity index (χ4v) is 4.54. The highest BCUT2D eigenvalue weighted by Crippen LogP contribution is 2.35. The Hall–Kier alpha value is -2.61. The van der Waals surface area contributed by atoms with Crippen LogP contribution in [0.1, 0.15) is 35.9 Å². The zero-order valence-corrected chi connectivity index (χ0v) is 16.2. The second-order valence-corrected chi connectivity index (χ2v) is 8.28. The predicted octanol–water partition coefficient (Wildman–Crippen LogP) is 1.45. The molecule has 28 heavy (non-hydrogen) atoms. The number of carbonyl (C=O) groups is 1. The largest absolute Gasteiger partial charge is 0.454 e. The van der Waals surface area contributed by atoms with Crippen molar-refractivity contribution in [2.45, 2.75) is 39.4 Å². The summed E-state index contributed by atoms with van der Waals surface area (Å²) in [5.74, 6) is 3.97. The maximum atomic E-state index is 12.4. The minimum absolute atomic E-state index is 0.0838. The van der Waals surface area contributed by atoms with Crippen LogP contribution in [0, 0.1) is 11.8 Å². The van der Waals surface area contributed by atoms with Gasteiger partial charge in [0.15, 0.2) is 11.5 Å². The van der Waals surface area contributed by atoms with Gasteiger partial charge < -0.3 is 19.4 Å². The van der Waals surface area contributed by atoms with Crippen molar-refractivity contribution >= 4 is 5.91 Å². The number of nitrogens with one attached hydrogen (secondary N) is 1. The Morgan fingerprint density at radius 1 is 1.18 bits per heavy atom. The molecule has 1 amide bonds. The molecule has 0 spiro atoms. The number of ether oxygens (including phenoxy) is 2. The molecule has 5 rings (SSSR count). The van der Waals surface area contributed by atoms with Crippen LogP contribution < -0.4 is 14.8 Å². The second-order valence-electron chi connectivity index (χ2n) is 8.28. The number of hydrogen-bond donors (Lipinski definition) is 1. The molecule has 3 aliphatic heterocycles. The van der Waals surface area contributed by atoms with E-state index in [0.717, 1.165) is 49.9 Å². The molecule has 0 saturated carbocycles. The van der Waals surface area contributed by atoms with E-state index in [1.54, 1.807) is 0 Å². The molecule has 8 heteroatoms. The van der Waals surface area contributed by atoms with Crippen LogP contribution in [0.2, 0.25) is 0 Å². The molecule has 2 atom stereocenters. The van der Waals surface area contributed by atoms with Gasteiger partial charge in [-0.1, -0.05) is 6.07 Å². The van der Waals surface area contributed by atoms with Gasteiger partial charge >= 0.3 is 0 Å². The number of benzene rings is 1. The van der Waals surface area contributed by atoms with Gasteiger partial charge in [-0.25, -0.2) is 0 Å². The molecule has 3 aliphatic rings. The third kappa shape index (κ3) is 3.11. The molecule has 0 bridgehead atoms. The van der Waals surface area contributed by atoms with Gasteiger partial charge in [0.05, 0.1) is 0 Å². The molecule has 4 heterocycles. The summed E-state index contributed by atoms with van der Waals surface area (Å²) < 4.78 is 12.9. The van der Waals surface area contributed by atoms with E-state index < -0.39 is 0 Å². The van der Waals surface area contributed by atoms with Crippen molar-refractivity contribution in [2.75, 3.05) is 19.9 Å². The molecule has 1 N–H and O–H groups in total. The number of hydrogen-bond acceptors (Lipinski definition) is 6. The van der Waals surface area contributed by atoms with E-state index >= 15 is 0 Å². The van der Waals surface area contributed by atoms with Crippen LogP contribution in [0.5, 0.6) is 11.5 Å². The standard InChI is InChI=1S/C20H25N5O3/c1-12(2)21-20(26)19-23-22-18-6-14-8-24(9-15(14)10-25(18)19)7-13-3-4-16-17(5-13)28-11-27-16/h3-5,12,14-15H,6-11H2,1-2H3,(H,21,26)/t14-,15-/m0/s1. The monoisotopic (exact) mass is 383 g/mol. The third-order valence-electron chi connectivity index (χ3n) is 5.81. The Labute approximate surface area is 163 Å². The van der Waals surface area contributed by atoms with Crippen molar-refractivity contribution in [2.24, 2.45) is 11.8 Å². The fraction of sp³-hybridized carbons (Fsp3) is 0.550. The molecule has 1 aromatic heterocycles. The number of amides is 1. The summed E-state index contributed by atoms with van der Waals surface area (Å²) >= 11 is 0. The summed E-state index contributed by atoms with van der Waals surface area (Å²) in [6, 6.07) is 6.26. The van der Waals surface area contributed by atoms with E-state index in [1.807, 2.05) is 24.5 Å². The molecule has 148 valence electrons. The van der Waals surface area contributed by atoms with Gasteiger partial charge in [-0.2, -0.15) is 0 Å². The lowest BCUT2D eigenvalue weighted by Gasteiger charge is -2.25. The van der Waals surface area contributed by atoms with Crippen molar-refractivity contribution < 1.29 is 14.3 Å². The molecular formula is C20H25N5O3. The van der Waals surface area contributed by atoms with Gasteiger partial charge in [0.1, 0.15) is 5.82 Å². The Kier molecular flexibility index (Phi) is 4.23. The molecule has 0 aliphatic carbocycles. The van der Waals surface area contributed by atoms with Crippen LogP contribution in [0.4, 0.5) is 0 Å². The highest BCUT2D eigenvalue weighted by molar-refractivity contribution is 5.90. The predicted molar refractivity (Wildman–Crippen MR) is 101 cm³/mol. The van der Waals surface area contributed by atoms with Crippen molar-refractivity contribution in [3.63, 3.8) is 0 Å². The van der Waals surface area contributed by atoms with Crippen molar-refractivity contribution in [3.05, 3.63) is 35.4 Å². The SMILES string of the molecule is CC(C)NC(=O)c1nnc2n1C[C@@H]1CN(Cc3ccc4c(c3)OCO4)C[C@@H]1C2. The van der Waals surface area contributed by atoms with Crippen molar-refractivity contribution in [1.82, 2.24) is 25.0 Å². The molecule has 1 fully saturated rings. The number of nitrogens with zero attached hydrogens (tertiary/aromatic N) is 4. The quantitative estimate of drug-likeness (QED) is 0.861. The number of carbonyl (C=O) groups excluding carboxylic acids is 1. The Bertz CT molecular complexity index is 909. The second kappa shape index (κ2) is 6.77. The Balaban J connectivity index is 1.27. The first kappa shape index (κ1) is 17.5. The normalized spacial score (nSPS) is 23.0. The third-order valence-corrected chi connectivity index (χ3v) is 5.81. The van der Waals surface area contributed by atoms with E-state index in [2.05, 4.69) is 32.5 Å². The summed E-state index contributed by atoms with van der Waals surface area (Å²) in [7, 11) is 0. The molecule has 0 unspecified atom stereocenters. The molecule has 1 aromatic carbocycles. The molecule has 0 radical (unpaired) electrons. The van der Waals surface area contributed by atoms with E-state index in [4.69, 9.17) is 9.47 Å². The summed E-state index contributed by atoms with van der Waals surface area (Å²) in [4.78, 5) is 14.9. The summed E-state index contributed by atoms with van der Waals surface area (Å²) in [6.07, 6.45) is 0.879. The minimum atomic E-state index is -0.137. The first-order valence-corrected chi connectivity index (χ1v) is 9.90. The summed E-state index contributed by atoms with van der Waals surface area (Å²) in [6.45, 7) is 7.97. The van der Waals surface area contributed by atoms with E-state index in [-0.39, 0.29) is 11.9 Å². The number of aromatic nitrogens is 3. The van der Waals surface area contributed by atoms with Gasteiger partial charge in [0.25, 0.3) is 5.91 Å². The molecule has 8 nitrogen and oxygen atoms in total. The van der Waals surface area contributed by atoms with Crippen LogP contribution in [0.25, 0.3) is 0 Å². The highest BCUT2D eigenvalue weighted by Gasteiger charge is 2.39. The molecule has 2 aromatic rings. The van der Waals surface area contributed by atoms with Gasteiger partial charge in [0.2, 0.25) is 12.6 Å². The van der Waals surface area contributed by atoms with Gasteiger partial charge in [-0.15, -0.1) is 10.2 Å². The number of rotatable bonds is 4. The zero-order chi connectivity index (χ0) is 19.3. The lowest BCUT2D eigenvalue weighted by Crippen LogP contribution is -2.35. The maximum Gasteiger partial charge on any atom is 0.289 e. The lowest BCUT2D eigenvalue weighted by molar-refractivity contribution is 0.0924. The maximum absolute atomic E-state index is 12.4. The fourth-order valence-electron chi connectivity index (χ4n) is 4.54. The number of fused-ring (bicyclic) bond motifs is 3. The van der Waals surface area contributed by atoms with E-state index in [0.29, 0.717) is 24.5 Å². The topological polar surface area (TPSA) is 81.5 Å². The Morgan fingerprint density at radius 3 is 2.86 bits per heavy atom. The average Bonchev–Trinajstić information content (AvgIpc) is 3.35. The summed E-state index contributed by atoms with van der Waals surface area (Å²) in [5.41, 5.74) is 1.24. The van der Waals surface area contributed by atoms with Gasteiger partial charge in [-0.3, -0.25) is 9.69 Å². The van der Waals surface area contributed by atoms with Crippen LogP contribution >= 0.6 is 0 Å². The van der Waals surface area contributed by atoms with Crippen LogP contribution in [-0.2, 0) is 19.5 Å². The van der Waals surface area contributed by atoms with Crippen molar-refractivity contribution in [3.8, 4) is 11.5 Å². The van der Waals surface area contributed by atoms with E-state index in [9.17, 15) is 4.79 Å². The van der Waals surface area contributed by atoms with Gasteiger partial charge in [0, 0.05) is 38.6 Å². The highest BCUT2D eigenvalue weighted by atomic mass is 16.7. The van der Waals surface area contributed by atoms with E-state index in [1.165, 1.54) is 5.56 Å². The first-order chi connectivity index (χ1) is 13.6. The molecule has 1 saturated heterocycles. The first-order valence-electron chi connectivity index (χ1n) is 9.90. The van der Waals surface area contributed by atoms with Gasteiger partial charge in [-0.05, 0) is 43.4 Å². The van der Waals surface area contributed by atoms with Crippen LogP contribution in [0.3, 0.4) is 0 Å². The lowest BCUT2D eigenvalue weighted by atomic mass is 9.89. The average molecular weight is 383 g/mol. The Morgan fingerprint density at radius 2 is 2.00 bits per heavy atom.